The zero-order valence-electron chi connectivity index (χ0n) is 13.5. The van der Waals surface area contributed by atoms with E-state index in [9.17, 15) is 9.59 Å². The Labute approximate surface area is 147 Å². The second-order valence-corrected chi connectivity index (χ2v) is 5.56. The number of methoxy groups -OCH3 is 2. The Morgan fingerprint density at radius 2 is 1.84 bits per heavy atom. The molecule has 7 heteroatoms. The third-order valence-electron chi connectivity index (χ3n) is 3.60. The van der Waals surface area contributed by atoms with Gasteiger partial charge in [0.25, 0.3) is 5.91 Å². The summed E-state index contributed by atoms with van der Waals surface area (Å²) in [5.74, 6) is 0.210. The van der Waals surface area contributed by atoms with Crippen LogP contribution in [0, 0.1) is 0 Å². The number of fused-ring (bicyclic) bond motifs is 1. The van der Waals surface area contributed by atoms with E-state index in [1.54, 1.807) is 30.3 Å². The first kappa shape index (κ1) is 16.9. The summed E-state index contributed by atoms with van der Waals surface area (Å²) in [7, 11) is 2.94. The molecule has 1 amide bonds. The van der Waals surface area contributed by atoms with E-state index in [4.69, 9.17) is 25.5 Å². The van der Waals surface area contributed by atoms with Gasteiger partial charge < -0.3 is 19.2 Å². The molecule has 25 heavy (non-hydrogen) atoms. The monoisotopic (exact) mass is 359 g/mol. The molecule has 1 N–H and O–H groups in total. The Balaban J connectivity index is 2.02. The van der Waals surface area contributed by atoms with Crippen LogP contribution in [-0.2, 0) is 0 Å². The lowest BCUT2D eigenvalue weighted by atomic mass is 10.1. The molecule has 1 aromatic heterocycles. The summed E-state index contributed by atoms with van der Waals surface area (Å²) < 4.78 is 15.6. The number of nitrogens with one attached hydrogen (secondary N) is 1. The third kappa shape index (κ3) is 3.29. The average molecular weight is 360 g/mol. The van der Waals surface area contributed by atoms with Gasteiger partial charge in [-0.3, -0.25) is 4.79 Å². The Morgan fingerprint density at radius 3 is 2.56 bits per heavy atom. The van der Waals surface area contributed by atoms with Crippen molar-refractivity contribution in [2.24, 2.45) is 0 Å². The van der Waals surface area contributed by atoms with Crippen LogP contribution in [0.25, 0.3) is 11.0 Å². The van der Waals surface area contributed by atoms with Gasteiger partial charge in [0, 0.05) is 10.4 Å². The molecule has 0 atom stereocenters. The number of carbonyl (C=O) groups excluding carboxylic acids is 1. The fraction of sp³-hybridized carbons (Fsp3) is 0.111. The first-order valence-corrected chi connectivity index (χ1v) is 7.67. The number of hydrogen-bond acceptors (Lipinski definition) is 5. The molecule has 0 saturated carbocycles. The molecule has 0 bridgehead atoms. The van der Waals surface area contributed by atoms with Gasteiger partial charge in [-0.2, -0.15) is 0 Å². The quantitative estimate of drug-likeness (QED) is 0.718. The van der Waals surface area contributed by atoms with E-state index in [-0.39, 0.29) is 11.1 Å². The van der Waals surface area contributed by atoms with Crippen molar-refractivity contribution in [3.8, 4) is 11.5 Å². The van der Waals surface area contributed by atoms with E-state index < -0.39 is 11.5 Å². The molecular formula is C18H14ClNO5. The van der Waals surface area contributed by atoms with Gasteiger partial charge in [-0.1, -0.05) is 23.7 Å². The number of hydrogen-bond donors (Lipinski definition) is 1. The molecular weight excluding hydrogens is 346 g/mol. The van der Waals surface area contributed by atoms with Crippen LogP contribution in [0.15, 0.2) is 51.7 Å². The molecule has 6 nitrogen and oxygen atoms in total. The summed E-state index contributed by atoms with van der Waals surface area (Å²) in [6, 6.07) is 11.4. The second-order valence-electron chi connectivity index (χ2n) is 5.12. The van der Waals surface area contributed by atoms with Gasteiger partial charge >= 0.3 is 5.63 Å². The van der Waals surface area contributed by atoms with E-state index in [0.717, 1.165) is 0 Å². The fourth-order valence-electron chi connectivity index (χ4n) is 2.40. The van der Waals surface area contributed by atoms with Gasteiger partial charge in [-0.25, -0.2) is 4.79 Å². The van der Waals surface area contributed by atoms with E-state index >= 15 is 0 Å². The van der Waals surface area contributed by atoms with E-state index in [1.807, 2.05) is 0 Å². The first-order chi connectivity index (χ1) is 12.0. The highest BCUT2D eigenvalue weighted by molar-refractivity contribution is 6.31. The summed E-state index contributed by atoms with van der Waals surface area (Å²) in [5.41, 5.74) is -0.268. The Hall–Kier alpha value is -2.99. The summed E-state index contributed by atoms with van der Waals surface area (Å²) in [4.78, 5) is 24.7. The van der Waals surface area contributed by atoms with Gasteiger partial charge in [0.15, 0.2) is 11.3 Å². The number of benzene rings is 2. The maximum absolute atomic E-state index is 12.5. The number of para-hydroxylation sites is 1. The Morgan fingerprint density at radius 1 is 1.08 bits per heavy atom. The number of halogens is 1. The highest BCUT2D eigenvalue weighted by atomic mass is 35.5. The van der Waals surface area contributed by atoms with Crippen LogP contribution in [0.5, 0.6) is 11.5 Å². The standard InChI is InChI=1S/C18H14ClNO5/c1-23-14-7-6-11(19)9-13(14)20-17(21)12-8-10-4-3-5-15(24-2)16(10)25-18(12)22/h3-9H,1-2H3,(H,20,21). The molecule has 0 unspecified atom stereocenters. The van der Waals surface area contributed by atoms with E-state index in [1.165, 1.54) is 26.4 Å². The number of amides is 1. The SMILES string of the molecule is COc1ccc(Cl)cc1NC(=O)c1cc2cccc(OC)c2oc1=O. The van der Waals surface area contributed by atoms with Crippen LogP contribution in [0.1, 0.15) is 10.4 Å². The van der Waals surface area contributed by atoms with Crippen LogP contribution < -0.4 is 20.4 Å². The molecule has 0 aliphatic carbocycles. The molecule has 1 heterocycles. The predicted octanol–water partition coefficient (Wildman–Crippen LogP) is 3.72. The molecule has 0 saturated heterocycles. The van der Waals surface area contributed by atoms with Crippen molar-refractivity contribution in [3.05, 3.63) is 63.5 Å². The average Bonchev–Trinajstić information content (AvgIpc) is 2.60. The zero-order valence-corrected chi connectivity index (χ0v) is 14.2. The lowest BCUT2D eigenvalue weighted by Gasteiger charge is -2.10. The maximum atomic E-state index is 12.5. The van der Waals surface area contributed by atoms with Crippen molar-refractivity contribution >= 4 is 34.2 Å². The van der Waals surface area contributed by atoms with Crippen LogP contribution in [0.2, 0.25) is 5.02 Å². The van der Waals surface area contributed by atoms with Gasteiger partial charge in [-0.05, 0) is 30.3 Å². The topological polar surface area (TPSA) is 77.8 Å². The summed E-state index contributed by atoms with van der Waals surface area (Å²) >= 11 is 5.95. The number of anilines is 1. The molecule has 3 rings (SSSR count). The zero-order chi connectivity index (χ0) is 18.0. The van der Waals surface area contributed by atoms with Gasteiger partial charge in [0.1, 0.15) is 11.3 Å². The van der Waals surface area contributed by atoms with Crippen LogP contribution in [-0.4, -0.2) is 20.1 Å². The number of carbonyl (C=O) groups is 1. The first-order valence-electron chi connectivity index (χ1n) is 7.29. The molecule has 0 fully saturated rings. The van der Waals surface area contributed by atoms with Crippen molar-refractivity contribution in [2.45, 2.75) is 0 Å². The van der Waals surface area contributed by atoms with Crippen molar-refractivity contribution in [1.29, 1.82) is 0 Å². The molecule has 0 aliphatic heterocycles. The minimum Gasteiger partial charge on any atom is -0.495 e. The third-order valence-corrected chi connectivity index (χ3v) is 3.83. The van der Waals surface area contributed by atoms with Crippen molar-refractivity contribution < 1.29 is 18.7 Å². The van der Waals surface area contributed by atoms with Crippen molar-refractivity contribution in [2.75, 3.05) is 19.5 Å². The largest absolute Gasteiger partial charge is 0.495 e. The van der Waals surface area contributed by atoms with Crippen LogP contribution >= 0.6 is 11.6 Å². The van der Waals surface area contributed by atoms with Gasteiger partial charge in [-0.15, -0.1) is 0 Å². The van der Waals surface area contributed by atoms with Crippen LogP contribution in [0.4, 0.5) is 5.69 Å². The second kappa shape index (κ2) is 6.86. The highest BCUT2D eigenvalue weighted by Crippen LogP contribution is 2.28. The number of ether oxygens (including phenoxy) is 2. The highest BCUT2D eigenvalue weighted by Gasteiger charge is 2.17. The van der Waals surface area contributed by atoms with Gasteiger partial charge in [0.05, 0.1) is 19.9 Å². The van der Waals surface area contributed by atoms with Crippen molar-refractivity contribution in [3.63, 3.8) is 0 Å². The maximum Gasteiger partial charge on any atom is 0.349 e. The Kier molecular flexibility index (Phi) is 4.63. The lowest BCUT2D eigenvalue weighted by molar-refractivity contribution is 0.102. The van der Waals surface area contributed by atoms with Crippen LogP contribution in [0.3, 0.4) is 0 Å². The minimum atomic E-state index is -0.768. The smallest absolute Gasteiger partial charge is 0.349 e. The summed E-state index contributed by atoms with van der Waals surface area (Å²) in [5, 5.41) is 3.61. The molecule has 128 valence electrons. The molecule has 0 aliphatic rings. The van der Waals surface area contributed by atoms with E-state index in [0.29, 0.717) is 27.6 Å². The number of rotatable bonds is 4. The summed E-state index contributed by atoms with van der Waals surface area (Å²) in [6.07, 6.45) is 0. The summed E-state index contributed by atoms with van der Waals surface area (Å²) in [6.45, 7) is 0. The molecule has 3 aromatic rings. The van der Waals surface area contributed by atoms with Crippen molar-refractivity contribution in [1.82, 2.24) is 0 Å². The minimum absolute atomic E-state index is 0.136. The molecule has 2 aromatic carbocycles. The predicted molar refractivity (Wildman–Crippen MR) is 95.0 cm³/mol. The fourth-order valence-corrected chi connectivity index (χ4v) is 2.58. The lowest BCUT2D eigenvalue weighted by Crippen LogP contribution is -2.21. The normalized spacial score (nSPS) is 10.5. The van der Waals surface area contributed by atoms with E-state index in [2.05, 4.69) is 5.32 Å². The molecule has 0 spiro atoms. The Bertz CT molecular complexity index is 1010. The van der Waals surface area contributed by atoms with Gasteiger partial charge in [0.2, 0.25) is 0 Å². The molecule has 0 radical (unpaired) electrons.